The van der Waals surface area contributed by atoms with Gasteiger partial charge in [-0.3, -0.25) is 4.79 Å². The first-order valence-corrected chi connectivity index (χ1v) is 12.9. The summed E-state index contributed by atoms with van der Waals surface area (Å²) in [4.78, 5) is 12.0. The maximum Gasteiger partial charge on any atom is 0.306 e. The molecule has 0 aromatic rings. The van der Waals surface area contributed by atoms with Gasteiger partial charge in [0.25, 0.3) is 0 Å². The van der Waals surface area contributed by atoms with E-state index in [0.717, 1.165) is 38.5 Å². The summed E-state index contributed by atoms with van der Waals surface area (Å²) in [5, 5.41) is 23.0. The number of rotatable bonds is 1. The Morgan fingerprint density at radius 1 is 0.774 bits per heavy atom. The van der Waals surface area contributed by atoms with Crippen LogP contribution in [0.3, 0.4) is 0 Å². The Balaban J connectivity index is 1.52. The van der Waals surface area contributed by atoms with Crippen molar-refractivity contribution in [3.05, 3.63) is 0 Å². The lowest BCUT2D eigenvalue weighted by molar-refractivity contribution is -0.245. The third kappa shape index (κ3) is 2.47. The number of hydrogen-bond donors (Lipinski definition) is 2. The van der Waals surface area contributed by atoms with E-state index in [4.69, 9.17) is 4.74 Å². The van der Waals surface area contributed by atoms with Gasteiger partial charge in [-0.25, -0.2) is 0 Å². The van der Waals surface area contributed by atoms with Gasteiger partial charge in [-0.2, -0.15) is 0 Å². The van der Waals surface area contributed by atoms with Crippen LogP contribution in [-0.2, 0) is 9.53 Å². The average molecular weight is 433 g/mol. The number of aliphatic hydroxyl groups is 2. The lowest BCUT2D eigenvalue weighted by atomic mass is 9.35. The van der Waals surface area contributed by atoms with Crippen LogP contribution in [0.25, 0.3) is 0 Å². The Bertz CT molecular complexity index is 792. The van der Waals surface area contributed by atoms with Gasteiger partial charge in [0.1, 0.15) is 11.2 Å². The largest absolute Gasteiger partial charge is 0.456 e. The number of ether oxygens (including phenoxy) is 1. The van der Waals surface area contributed by atoms with Gasteiger partial charge in [-0.1, -0.05) is 34.6 Å². The second kappa shape index (κ2) is 6.29. The van der Waals surface area contributed by atoms with Crippen molar-refractivity contribution in [2.45, 2.75) is 123 Å². The fourth-order valence-corrected chi connectivity index (χ4v) is 10.4. The second-order valence-corrected chi connectivity index (χ2v) is 13.6. The van der Waals surface area contributed by atoms with Gasteiger partial charge >= 0.3 is 5.97 Å². The summed E-state index contributed by atoms with van der Waals surface area (Å²) < 4.78 is 5.83. The molecule has 176 valence electrons. The molecule has 0 radical (unpaired) electrons. The van der Waals surface area contributed by atoms with E-state index in [1.54, 1.807) is 0 Å². The predicted octanol–water partition coefficient (Wildman–Crippen LogP) is 5.24. The van der Waals surface area contributed by atoms with Crippen molar-refractivity contribution in [2.75, 3.05) is 0 Å². The zero-order chi connectivity index (χ0) is 22.7. The number of carbonyl (C=O) groups is 1. The fraction of sp³-hybridized carbons (Fsp3) is 0.963. The summed E-state index contributed by atoms with van der Waals surface area (Å²) in [6.45, 7) is 14.1. The molecule has 1 saturated heterocycles. The molecule has 1 aliphatic heterocycles. The molecule has 0 spiro atoms. The van der Waals surface area contributed by atoms with E-state index in [2.05, 4.69) is 34.6 Å². The van der Waals surface area contributed by atoms with E-state index >= 15 is 0 Å². The van der Waals surface area contributed by atoms with Crippen molar-refractivity contribution in [3.63, 3.8) is 0 Å². The lowest BCUT2D eigenvalue weighted by Crippen LogP contribution is -2.66. The topological polar surface area (TPSA) is 66.8 Å². The van der Waals surface area contributed by atoms with Gasteiger partial charge in [0.2, 0.25) is 0 Å². The number of aliphatic hydroxyl groups excluding tert-OH is 1. The van der Waals surface area contributed by atoms with Crippen LogP contribution in [0.5, 0.6) is 0 Å². The smallest absolute Gasteiger partial charge is 0.306 e. The molecule has 0 bridgehead atoms. The molecule has 4 saturated carbocycles. The highest BCUT2D eigenvalue weighted by molar-refractivity contribution is 5.72. The lowest BCUT2D eigenvalue weighted by Gasteiger charge is -2.70. The van der Waals surface area contributed by atoms with Crippen LogP contribution < -0.4 is 0 Å². The van der Waals surface area contributed by atoms with Gasteiger partial charge in [-0.15, -0.1) is 0 Å². The van der Waals surface area contributed by atoms with Gasteiger partial charge in [0.05, 0.1) is 6.10 Å². The highest BCUT2D eigenvalue weighted by Gasteiger charge is 2.73. The van der Waals surface area contributed by atoms with Crippen LogP contribution in [0.4, 0.5) is 0 Å². The zero-order valence-electron chi connectivity index (χ0n) is 20.6. The van der Waals surface area contributed by atoms with Crippen LogP contribution in [0, 0.1) is 39.4 Å². The number of hydrogen-bond acceptors (Lipinski definition) is 4. The van der Waals surface area contributed by atoms with E-state index in [0.29, 0.717) is 24.7 Å². The first kappa shape index (κ1) is 22.2. The standard InChI is InChI=1S/C27H44O4/c1-22(2)17-9-13-24(4)18(23(17,3)12-10-20(22)28)7-8-19-25(24,5)15-16-27(19,30)26(6)14-11-21(29)31-26/h17-20,28,30H,7-16H2,1-6H3/t17-,18+,19-,20+,23-,24+,25+,26-,27+/m0/s1. The summed E-state index contributed by atoms with van der Waals surface area (Å²) in [5.74, 6) is 1.20. The average Bonchev–Trinajstić information content (AvgIpc) is 3.18. The highest BCUT2D eigenvalue weighted by Crippen LogP contribution is 2.76. The summed E-state index contributed by atoms with van der Waals surface area (Å²) in [6.07, 6.45) is 9.15. The van der Waals surface area contributed by atoms with Crippen LogP contribution in [0.1, 0.15) is 106 Å². The normalized spacial score (nSPS) is 58.3. The first-order chi connectivity index (χ1) is 14.2. The molecule has 1 heterocycles. The number of carbonyl (C=O) groups excluding carboxylic acids is 1. The SMILES string of the molecule is CC1(C)[C@H](O)CC[C@]2(C)[C@H]3CC[C@@H]4[C@@](O)([C@]5(C)CCC(=O)O5)CC[C@@]4(C)[C@]3(C)CC[C@@H]12. The molecule has 31 heavy (non-hydrogen) atoms. The molecule has 5 rings (SSSR count). The Hall–Kier alpha value is -0.610. The molecule has 0 aromatic heterocycles. The van der Waals surface area contributed by atoms with Crippen molar-refractivity contribution < 1.29 is 19.7 Å². The Morgan fingerprint density at radius 2 is 1.42 bits per heavy atom. The number of esters is 1. The molecule has 0 aromatic carbocycles. The predicted molar refractivity (Wildman–Crippen MR) is 120 cm³/mol. The van der Waals surface area contributed by atoms with E-state index in [9.17, 15) is 15.0 Å². The van der Waals surface area contributed by atoms with Crippen LogP contribution in [0.15, 0.2) is 0 Å². The molecule has 4 aliphatic carbocycles. The Kier molecular flexibility index (Phi) is 4.50. The van der Waals surface area contributed by atoms with Gasteiger partial charge in [0.15, 0.2) is 0 Å². The van der Waals surface area contributed by atoms with Gasteiger partial charge in [-0.05, 0) is 97.7 Å². The summed E-state index contributed by atoms with van der Waals surface area (Å²) in [6, 6.07) is 0. The number of cyclic esters (lactones) is 1. The Morgan fingerprint density at radius 3 is 2.06 bits per heavy atom. The third-order valence-electron chi connectivity index (χ3n) is 12.5. The van der Waals surface area contributed by atoms with Crippen LogP contribution >= 0.6 is 0 Å². The van der Waals surface area contributed by atoms with Crippen molar-refractivity contribution in [3.8, 4) is 0 Å². The van der Waals surface area contributed by atoms with Crippen molar-refractivity contribution in [1.82, 2.24) is 0 Å². The van der Waals surface area contributed by atoms with E-state index in [-0.39, 0.29) is 39.7 Å². The summed E-state index contributed by atoms with van der Waals surface area (Å²) in [5.41, 5.74) is -1.22. The second-order valence-electron chi connectivity index (χ2n) is 13.6. The molecule has 4 heteroatoms. The van der Waals surface area contributed by atoms with Crippen molar-refractivity contribution in [1.29, 1.82) is 0 Å². The molecule has 2 N–H and O–H groups in total. The first-order valence-electron chi connectivity index (χ1n) is 12.9. The van der Waals surface area contributed by atoms with Gasteiger partial charge in [0, 0.05) is 12.8 Å². The maximum atomic E-state index is 12.1. The molecule has 5 fully saturated rings. The quantitative estimate of drug-likeness (QED) is 0.556. The minimum absolute atomic E-state index is 0.0337. The van der Waals surface area contributed by atoms with E-state index in [1.807, 2.05) is 6.92 Å². The molecule has 9 atom stereocenters. The van der Waals surface area contributed by atoms with Crippen LogP contribution in [-0.4, -0.2) is 33.5 Å². The van der Waals surface area contributed by atoms with E-state index in [1.165, 1.54) is 12.8 Å². The van der Waals surface area contributed by atoms with Crippen LogP contribution in [0.2, 0.25) is 0 Å². The van der Waals surface area contributed by atoms with Crippen molar-refractivity contribution in [2.24, 2.45) is 39.4 Å². The van der Waals surface area contributed by atoms with Gasteiger partial charge < -0.3 is 14.9 Å². The molecule has 0 unspecified atom stereocenters. The molecular formula is C27H44O4. The number of fused-ring (bicyclic) bond motifs is 5. The minimum Gasteiger partial charge on any atom is -0.456 e. The van der Waals surface area contributed by atoms with E-state index < -0.39 is 11.2 Å². The monoisotopic (exact) mass is 432 g/mol. The Labute approximate surface area is 188 Å². The zero-order valence-corrected chi connectivity index (χ0v) is 20.6. The summed E-state index contributed by atoms with van der Waals surface area (Å²) >= 11 is 0. The molecular weight excluding hydrogens is 388 g/mol. The summed E-state index contributed by atoms with van der Waals surface area (Å²) in [7, 11) is 0. The molecule has 0 amide bonds. The highest BCUT2D eigenvalue weighted by atomic mass is 16.6. The van der Waals surface area contributed by atoms with Crippen molar-refractivity contribution >= 4 is 5.97 Å². The maximum absolute atomic E-state index is 12.1. The molecule has 4 nitrogen and oxygen atoms in total. The molecule has 5 aliphatic rings. The fourth-order valence-electron chi connectivity index (χ4n) is 10.4. The minimum atomic E-state index is -0.915. The third-order valence-corrected chi connectivity index (χ3v) is 12.5.